The topological polar surface area (TPSA) is 36.9 Å². The standard InChI is InChI=1S/C22H26O4/c1-13-9-16-11-20(25-5)21(26-6)12-17(16)22(14(13)2)15-7-8-18(23-3)19(10-15)24-4/h7-12,14,22H,1-6H3/t14-,22-/m0/s1. The Morgan fingerprint density at radius 1 is 0.731 bits per heavy atom. The molecular formula is C22H26O4. The second-order valence-corrected chi connectivity index (χ2v) is 6.61. The van der Waals surface area contributed by atoms with Crippen molar-refractivity contribution in [1.82, 2.24) is 0 Å². The molecule has 0 amide bonds. The van der Waals surface area contributed by atoms with Crippen LogP contribution in [0.3, 0.4) is 0 Å². The molecule has 0 saturated carbocycles. The molecule has 0 fully saturated rings. The Bertz CT molecular complexity index is 838. The van der Waals surface area contributed by atoms with E-state index in [0.29, 0.717) is 5.92 Å². The molecule has 0 aliphatic heterocycles. The first-order chi connectivity index (χ1) is 12.5. The number of methoxy groups -OCH3 is 4. The van der Waals surface area contributed by atoms with E-state index in [2.05, 4.69) is 44.2 Å². The fourth-order valence-electron chi connectivity index (χ4n) is 3.73. The summed E-state index contributed by atoms with van der Waals surface area (Å²) in [7, 11) is 6.65. The first-order valence-electron chi connectivity index (χ1n) is 8.70. The monoisotopic (exact) mass is 354 g/mol. The van der Waals surface area contributed by atoms with Crippen LogP contribution in [0.1, 0.15) is 36.5 Å². The van der Waals surface area contributed by atoms with E-state index in [1.165, 1.54) is 16.7 Å². The third-order valence-electron chi connectivity index (χ3n) is 5.29. The Labute approximate surface area is 155 Å². The fourth-order valence-corrected chi connectivity index (χ4v) is 3.73. The van der Waals surface area contributed by atoms with Crippen LogP contribution in [0.4, 0.5) is 0 Å². The minimum Gasteiger partial charge on any atom is -0.493 e. The molecule has 2 atom stereocenters. The van der Waals surface area contributed by atoms with Crippen molar-refractivity contribution in [3.05, 3.63) is 52.6 Å². The molecule has 0 bridgehead atoms. The number of allylic oxidation sites excluding steroid dienone is 1. The average Bonchev–Trinajstić information content (AvgIpc) is 2.67. The number of benzene rings is 2. The second-order valence-electron chi connectivity index (χ2n) is 6.61. The third kappa shape index (κ3) is 3.00. The zero-order chi connectivity index (χ0) is 18.8. The van der Waals surface area contributed by atoms with Crippen LogP contribution in [0.5, 0.6) is 23.0 Å². The number of rotatable bonds is 5. The van der Waals surface area contributed by atoms with Gasteiger partial charge in [0.2, 0.25) is 0 Å². The van der Waals surface area contributed by atoms with Crippen LogP contribution in [0, 0.1) is 5.92 Å². The molecule has 0 radical (unpaired) electrons. The lowest BCUT2D eigenvalue weighted by Crippen LogP contribution is -2.18. The molecule has 2 aromatic rings. The van der Waals surface area contributed by atoms with E-state index >= 15 is 0 Å². The smallest absolute Gasteiger partial charge is 0.161 e. The summed E-state index contributed by atoms with van der Waals surface area (Å²) in [6.45, 7) is 4.44. The van der Waals surface area contributed by atoms with Gasteiger partial charge < -0.3 is 18.9 Å². The summed E-state index contributed by atoms with van der Waals surface area (Å²) in [5, 5.41) is 0. The summed E-state index contributed by atoms with van der Waals surface area (Å²) in [6.07, 6.45) is 2.24. The highest BCUT2D eigenvalue weighted by Gasteiger charge is 2.30. The molecule has 0 N–H and O–H groups in total. The first-order valence-corrected chi connectivity index (χ1v) is 8.70. The Morgan fingerprint density at radius 2 is 1.31 bits per heavy atom. The number of fused-ring (bicyclic) bond motifs is 1. The number of hydrogen-bond donors (Lipinski definition) is 0. The molecule has 0 spiro atoms. The van der Waals surface area contributed by atoms with Gasteiger partial charge in [0.1, 0.15) is 0 Å². The predicted octanol–water partition coefficient (Wildman–Crippen LogP) is 4.91. The van der Waals surface area contributed by atoms with Crippen molar-refractivity contribution >= 4 is 6.08 Å². The molecule has 0 heterocycles. The van der Waals surface area contributed by atoms with Crippen molar-refractivity contribution < 1.29 is 18.9 Å². The summed E-state index contributed by atoms with van der Waals surface area (Å²) in [5.74, 6) is 3.53. The van der Waals surface area contributed by atoms with E-state index in [9.17, 15) is 0 Å². The molecule has 26 heavy (non-hydrogen) atoms. The molecule has 1 aliphatic rings. The summed E-state index contributed by atoms with van der Waals surface area (Å²) < 4.78 is 21.9. The molecule has 2 aromatic carbocycles. The Hall–Kier alpha value is -2.62. The molecule has 0 unspecified atom stereocenters. The quantitative estimate of drug-likeness (QED) is 0.765. The maximum Gasteiger partial charge on any atom is 0.161 e. The largest absolute Gasteiger partial charge is 0.493 e. The van der Waals surface area contributed by atoms with Gasteiger partial charge in [-0.3, -0.25) is 0 Å². The first kappa shape index (κ1) is 18.2. The van der Waals surface area contributed by atoms with Crippen LogP contribution >= 0.6 is 0 Å². The lowest BCUT2D eigenvalue weighted by Gasteiger charge is -2.32. The molecular weight excluding hydrogens is 328 g/mol. The summed E-state index contributed by atoms with van der Waals surface area (Å²) >= 11 is 0. The lowest BCUT2D eigenvalue weighted by atomic mass is 9.72. The number of hydrogen-bond acceptors (Lipinski definition) is 4. The normalized spacial score (nSPS) is 18.6. The van der Waals surface area contributed by atoms with Crippen LogP contribution in [0.2, 0.25) is 0 Å². The molecule has 1 aliphatic carbocycles. The Kier molecular flexibility index (Phi) is 5.12. The molecule has 0 aromatic heterocycles. The van der Waals surface area contributed by atoms with Gasteiger partial charge >= 0.3 is 0 Å². The van der Waals surface area contributed by atoms with E-state index in [4.69, 9.17) is 18.9 Å². The minimum absolute atomic E-state index is 0.203. The zero-order valence-electron chi connectivity index (χ0n) is 16.3. The van der Waals surface area contributed by atoms with E-state index in [0.717, 1.165) is 28.6 Å². The molecule has 138 valence electrons. The van der Waals surface area contributed by atoms with Crippen LogP contribution in [0.25, 0.3) is 6.08 Å². The molecule has 4 heteroatoms. The summed E-state index contributed by atoms with van der Waals surface area (Å²) in [5.41, 5.74) is 4.92. The van der Waals surface area contributed by atoms with E-state index in [1.807, 2.05) is 6.07 Å². The summed E-state index contributed by atoms with van der Waals surface area (Å²) in [6, 6.07) is 10.3. The van der Waals surface area contributed by atoms with Gasteiger partial charge in [-0.15, -0.1) is 0 Å². The van der Waals surface area contributed by atoms with E-state index in [1.54, 1.807) is 28.4 Å². The van der Waals surface area contributed by atoms with Crippen LogP contribution in [0.15, 0.2) is 35.9 Å². The highest BCUT2D eigenvalue weighted by molar-refractivity contribution is 5.67. The van der Waals surface area contributed by atoms with Gasteiger partial charge in [-0.25, -0.2) is 0 Å². The van der Waals surface area contributed by atoms with Gasteiger partial charge in [0.15, 0.2) is 23.0 Å². The van der Waals surface area contributed by atoms with Crippen molar-refractivity contribution in [3.8, 4) is 23.0 Å². The minimum atomic E-state index is 0.203. The Balaban J connectivity index is 2.18. The maximum atomic E-state index is 5.54. The predicted molar refractivity (Wildman–Crippen MR) is 104 cm³/mol. The van der Waals surface area contributed by atoms with E-state index < -0.39 is 0 Å². The van der Waals surface area contributed by atoms with Crippen LogP contribution in [-0.4, -0.2) is 28.4 Å². The van der Waals surface area contributed by atoms with Gasteiger partial charge in [0.25, 0.3) is 0 Å². The van der Waals surface area contributed by atoms with Gasteiger partial charge in [-0.1, -0.05) is 24.6 Å². The number of ether oxygens (including phenoxy) is 4. The SMILES string of the molecule is COc1ccc([C@H]2c3cc(OC)c(OC)cc3C=C(C)[C@@H]2C)cc1OC. The van der Waals surface area contributed by atoms with Gasteiger partial charge in [0, 0.05) is 5.92 Å². The van der Waals surface area contributed by atoms with Gasteiger partial charge in [-0.2, -0.15) is 0 Å². The fraction of sp³-hybridized carbons (Fsp3) is 0.364. The second kappa shape index (κ2) is 7.32. The van der Waals surface area contributed by atoms with Crippen molar-refractivity contribution in [2.24, 2.45) is 5.92 Å². The van der Waals surface area contributed by atoms with Gasteiger partial charge in [0.05, 0.1) is 28.4 Å². The van der Waals surface area contributed by atoms with Crippen molar-refractivity contribution in [2.45, 2.75) is 19.8 Å². The average molecular weight is 354 g/mol. The van der Waals surface area contributed by atoms with Crippen molar-refractivity contribution in [1.29, 1.82) is 0 Å². The van der Waals surface area contributed by atoms with Crippen molar-refractivity contribution in [3.63, 3.8) is 0 Å². The van der Waals surface area contributed by atoms with Crippen molar-refractivity contribution in [2.75, 3.05) is 28.4 Å². The maximum absolute atomic E-state index is 5.54. The van der Waals surface area contributed by atoms with Gasteiger partial charge in [-0.05, 0) is 53.8 Å². The lowest BCUT2D eigenvalue weighted by molar-refractivity contribution is 0.352. The highest BCUT2D eigenvalue weighted by atomic mass is 16.5. The van der Waals surface area contributed by atoms with Crippen LogP contribution in [-0.2, 0) is 0 Å². The highest BCUT2D eigenvalue weighted by Crippen LogP contribution is 2.47. The van der Waals surface area contributed by atoms with E-state index in [-0.39, 0.29) is 5.92 Å². The third-order valence-corrected chi connectivity index (χ3v) is 5.29. The Morgan fingerprint density at radius 3 is 1.92 bits per heavy atom. The van der Waals surface area contributed by atoms with Crippen LogP contribution < -0.4 is 18.9 Å². The molecule has 4 nitrogen and oxygen atoms in total. The molecule has 3 rings (SSSR count). The molecule has 0 saturated heterocycles. The zero-order valence-corrected chi connectivity index (χ0v) is 16.3. The summed E-state index contributed by atoms with van der Waals surface area (Å²) in [4.78, 5) is 0.